The van der Waals surface area contributed by atoms with Crippen LogP contribution < -0.4 is 0 Å². The van der Waals surface area contributed by atoms with Crippen molar-refractivity contribution in [3.63, 3.8) is 0 Å². The normalized spacial score (nSPS) is 11.9. The lowest BCUT2D eigenvalue weighted by atomic mass is 9.89. The Bertz CT molecular complexity index is 3900. The SMILES string of the molecule is c1ccc(-c2c(-c3ccccc3)n(-c3cccc4ccccc34)c3c2cc2ccc4c5c(ccc3c25)cc2c(-c3ccccc3)c(-c3ccccc3)n(-c3cccc5ccccc35)c24)cc1. The van der Waals surface area contributed by atoms with Crippen LogP contribution in [0.5, 0.6) is 0 Å². The Labute approximate surface area is 381 Å². The Morgan fingerprint density at radius 1 is 0.227 bits per heavy atom. The van der Waals surface area contributed by atoms with E-state index in [2.05, 4.69) is 252 Å². The first kappa shape index (κ1) is 36.7. The topological polar surface area (TPSA) is 9.86 Å². The van der Waals surface area contributed by atoms with Crippen molar-refractivity contribution >= 4 is 75.7 Å². The van der Waals surface area contributed by atoms with Gasteiger partial charge in [0.15, 0.2) is 0 Å². The molecule has 0 saturated carbocycles. The van der Waals surface area contributed by atoms with Gasteiger partial charge in [-0.2, -0.15) is 0 Å². The third kappa shape index (κ3) is 5.30. The molecule has 2 nitrogen and oxygen atoms in total. The maximum atomic E-state index is 2.58. The minimum absolute atomic E-state index is 1.17. The van der Waals surface area contributed by atoms with Crippen molar-refractivity contribution in [3.05, 3.63) is 243 Å². The molecule has 2 heterocycles. The molecule has 0 aliphatic heterocycles. The van der Waals surface area contributed by atoms with Crippen LogP contribution in [-0.4, -0.2) is 9.13 Å². The number of nitrogens with zero attached hydrogens (tertiary/aromatic N) is 2. The summed E-state index contributed by atoms with van der Waals surface area (Å²) in [6.45, 7) is 0. The molecule has 0 radical (unpaired) electrons. The van der Waals surface area contributed by atoms with Crippen LogP contribution in [0.4, 0.5) is 0 Å². The van der Waals surface area contributed by atoms with Crippen LogP contribution in [0.3, 0.4) is 0 Å². The molecule has 0 unspecified atom stereocenters. The van der Waals surface area contributed by atoms with Crippen molar-refractivity contribution in [3.8, 4) is 56.1 Å². The lowest BCUT2D eigenvalue weighted by Gasteiger charge is -2.19. The highest BCUT2D eigenvalue weighted by Crippen LogP contribution is 2.52. The maximum Gasteiger partial charge on any atom is 0.0620 e. The van der Waals surface area contributed by atoms with Gasteiger partial charge in [0.25, 0.3) is 0 Å². The van der Waals surface area contributed by atoms with Crippen molar-refractivity contribution in [2.24, 2.45) is 0 Å². The molecule has 0 atom stereocenters. The predicted octanol–water partition coefficient (Wildman–Crippen LogP) is 17.4. The molecule has 0 saturated heterocycles. The smallest absolute Gasteiger partial charge is 0.0620 e. The predicted molar refractivity (Wildman–Crippen MR) is 281 cm³/mol. The van der Waals surface area contributed by atoms with Gasteiger partial charge in [0.05, 0.1) is 33.8 Å². The minimum Gasteiger partial charge on any atom is -0.307 e. The zero-order chi connectivity index (χ0) is 43.3. The molecule has 306 valence electrons. The summed E-state index contributed by atoms with van der Waals surface area (Å²) in [7, 11) is 0. The van der Waals surface area contributed by atoms with E-state index in [-0.39, 0.29) is 0 Å². The number of hydrogen-bond acceptors (Lipinski definition) is 0. The molecule has 14 aromatic rings. The van der Waals surface area contributed by atoms with Crippen molar-refractivity contribution < 1.29 is 0 Å². The summed E-state index contributed by atoms with van der Waals surface area (Å²) in [6.07, 6.45) is 0. The molecule has 0 aliphatic carbocycles. The highest BCUT2D eigenvalue weighted by Gasteiger charge is 2.28. The Morgan fingerprint density at radius 2 is 0.576 bits per heavy atom. The van der Waals surface area contributed by atoms with E-state index >= 15 is 0 Å². The zero-order valence-electron chi connectivity index (χ0n) is 36.0. The highest BCUT2D eigenvalue weighted by atomic mass is 15.0. The zero-order valence-corrected chi connectivity index (χ0v) is 36.0. The minimum atomic E-state index is 1.17. The van der Waals surface area contributed by atoms with Crippen LogP contribution in [-0.2, 0) is 0 Å². The largest absolute Gasteiger partial charge is 0.307 e. The molecule has 66 heavy (non-hydrogen) atoms. The second kappa shape index (κ2) is 14.4. The van der Waals surface area contributed by atoms with Gasteiger partial charge >= 0.3 is 0 Å². The summed E-state index contributed by atoms with van der Waals surface area (Å²) >= 11 is 0. The van der Waals surface area contributed by atoms with Crippen molar-refractivity contribution in [2.45, 2.75) is 0 Å². The number of hydrogen-bond donors (Lipinski definition) is 0. The van der Waals surface area contributed by atoms with Gasteiger partial charge in [-0.1, -0.05) is 218 Å². The third-order valence-corrected chi connectivity index (χ3v) is 14.0. The van der Waals surface area contributed by atoms with E-state index in [4.69, 9.17) is 0 Å². The van der Waals surface area contributed by atoms with Crippen molar-refractivity contribution in [1.82, 2.24) is 9.13 Å². The number of benzene rings is 12. The van der Waals surface area contributed by atoms with E-state index in [0.29, 0.717) is 0 Å². The molecule has 2 aromatic heterocycles. The summed E-state index contributed by atoms with van der Waals surface area (Å²) in [4.78, 5) is 0. The van der Waals surface area contributed by atoms with Gasteiger partial charge in [0.2, 0.25) is 0 Å². The summed E-state index contributed by atoms with van der Waals surface area (Å²) in [6, 6.07) is 89.6. The fourth-order valence-electron chi connectivity index (χ4n) is 11.3. The van der Waals surface area contributed by atoms with Gasteiger partial charge in [-0.25, -0.2) is 0 Å². The van der Waals surface area contributed by atoms with Crippen LogP contribution in [0.25, 0.3) is 132 Å². The number of aromatic nitrogens is 2. The van der Waals surface area contributed by atoms with Crippen LogP contribution in [0.2, 0.25) is 0 Å². The third-order valence-electron chi connectivity index (χ3n) is 14.0. The Morgan fingerprint density at radius 3 is 0.985 bits per heavy atom. The number of fused-ring (bicyclic) bond motifs is 6. The van der Waals surface area contributed by atoms with Gasteiger partial charge in [0, 0.05) is 43.4 Å². The molecule has 0 bridgehead atoms. The lowest BCUT2D eigenvalue weighted by molar-refractivity contribution is 1.15. The molecule has 0 fully saturated rings. The summed E-state index contributed by atoms with van der Waals surface area (Å²) in [5.41, 5.74) is 14.4. The van der Waals surface area contributed by atoms with Crippen molar-refractivity contribution in [2.75, 3.05) is 0 Å². The van der Waals surface area contributed by atoms with Gasteiger partial charge in [0.1, 0.15) is 0 Å². The standard InChI is InChI=1S/C64H40N2/c1-5-21-43(22-6-1)59-53-39-47-35-38-52-58-48(36-37-51(57(47)58)63(53)65(61(59)45-25-9-3-10-26-45)55-33-17-29-41-19-13-15-31-49(41)55)40-54-60(44-23-7-2-8-24-44)62(46-27-11-4-12-28-46)66(64(52)54)56-34-18-30-42-20-14-16-32-50(42)56/h1-40H. The van der Waals surface area contributed by atoms with Gasteiger partial charge < -0.3 is 9.13 Å². The van der Waals surface area contributed by atoms with E-state index in [1.807, 2.05) is 0 Å². The second-order valence-corrected chi connectivity index (χ2v) is 17.5. The molecule has 14 rings (SSSR count). The summed E-state index contributed by atoms with van der Waals surface area (Å²) in [5.74, 6) is 0. The molecule has 2 heteroatoms. The first-order chi connectivity index (χ1) is 32.8. The van der Waals surface area contributed by atoms with Crippen LogP contribution in [0.1, 0.15) is 0 Å². The Balaban J connectivity index is 1.21. The Kier molecular flexibility index (Phi) is 8.02. The van der Waals surface area contributed by atoms with Crippen LogP contribution in [0, 0.1) is 0 Å². The van der Waals surface area contributed by atoms with Gasteiger partial charge in [-0.3, -0.25) is 0 Å². The molecule has 0 aliphatic rings. The maximum absolute atomic E-state index is 2.58. The second-order valence-electron chi connectivity index (χ2n) is 17.5. The van der Waals surface area contributed by atoms with Crippen LogP contribution in [0.15, 0.2) is 243 Å². The average Bonchev–Trinajstić information content (AvgIpc) is 3.92. The van der Waals surface area contributed by atoms with Gasteiger partial charge in [-0.15, -0.1) is 0 Å². The van der Waals surface area contributed by atoms with E-state index in [1.54, 1.807) is 0 Å². The van der Waals surface area contributed by atoms with Crippen molar-refractivity contribution in [1.29, 1.82) is 0 Å². The fraction of sp³-hybridized carbons (Fsp3) is 0. The van der Waals surface area contributed by atoms with E-state index in [0.717, 1.165) is 0 Å². The van der Waals surface area contributed by atoms with Crippen LogP contribution >= 0.6 is 0 Å². The lowest BCUT2D eigenvalue weighted by Crippen LogP contribution is -2.00. The summed E-state index contributed by atoms with van der Waals surface area (Å²) in [5, 5.41) is 14.9. The van der Waals surface area contributed by atoms with E-state index in [1.165, 1.54) is 132 Å². The molecular formula is C64H40N2. The van der Waals surface area contributed by atoms with E-state index < -0.39 is 0 Å². The summed E-state index contributed by atoms with van der Waals surface area (Å²) < 4.78 is 5.16. The molecule has 0 N–H and O–H groups in total. The fourth-order valence-corrected chi connectivity index (χ4v) is 11.3. The quantitative estimate of drug-likeness (QED) is 0.148. The number of rotatable bonds is 6. The highest BCUT2D eigenvalue weighted by molar-refractivity contribution is 6.35. The molecule has 0 spiro atoms. The molecule has 12 aromatic carbocycles. The monoisotopic (exact) mass is 836 g/mol. The average molecular weight is 837 g/mol. The molecule has 0 amide bonds. The first-order valence-corrected chi connectivity index (χ1v) is 22.9. The van der Waals surface area contributed by atoms with E-state index in [9.17, 15) is 0 Å². The first-order valence-electron chi connectivity index (χ1n) is 22.9. The van der Waals surface area contributed by atoms with Gasteiger partial charge in [-0.05, 0) is 78.8 Å². The Hall–Kier alpha value is -8.72. The molecular weight excluding hydrogens is 797 g/mol.